The number of amides is 1. The average molecular weight is 375 g/mol. The van der Waals surface area contributed by atoms with Crippen LogP contribution >= 0.6 is 11.6 Å². The van der Waals surface area contributed by atoms with Crippen molar-refractivity contribution >= 4 is 28.9 Å². The van der Waals surface area contributed by atoms with Crippen LogP contribution < -0.4 is 15.0 Å². The van der Waals surface area contributed by atoms with Gasteiger partial charge in [-0.3, -0.25) is 4.79 Å². The highest BCUT2D eigenvalue weighted by atomic mass is 35.5. The molecule has 0 aromatic heterocycles. The lowest BCUT2D eigenvalue weighted by atomic mass is 10.2. The van der Waals surface area contributed by atoms with Gasteiger partial charge in [0.2, 0.25) is 0 Å². The number of ether oxygens (including phenoxy) is 2. The number of nitrogens with one attached hydrogen (secondary N) is 1. The van der Waals surface area contributed by atoms with Gasteiger partial charge in [0.05, 0.1) is 24.6 Å². The first-order chi connectivity index (χ1) is 12.5. The van der Waals surface area contributed by atoms with Crippen LogP contribution in [-0.2, 0) is 9.53 Å². The molecule has 1 amide bonds. The van der Waals surface area contributed by atoms with Crippen LogP contribution in [-0.4, -0.2) is 38.3 Å². The van der Waals surface area contributed by atoms with E-state index in [1.54, 1.807) is 13.0 Å². The van der Waals surface area contributed by atoms with E-state index in [0.717, 1.165) is 24.3 Å². The number of hydrogen-bond donors (Lipinski definition) is 1. The molecule has 1 heterocycles. The van der Waals surface area contributed by atoms with Gasteiger partial charge in [0.25, 0.3) is 5.91 Å². The molecule has 0 saturated carbocycles. The summed E-state index contributed by atoms with van der Waals surface area (Å²) in [5.74, 6) is 0.454. The van der Waals surface area contributed by atoms with Crippen molar-refractivity contribution in [2.45, 2.75) is 20.0 Å². The highest BCUT2D eigenvalue weighted by molar-refractivity contribution is 6.31. The molecular formula is C20H23ClN2O3. The summed E-state index contributed by atoms with van der Waals surface area (Å²) >= 11 is 6.14. The fraction of sp³-hybridized carbons (Fsp3) is 0.350. The molecule has 0 aliphatic carbocycles. The van der Waals surface area contributed by atoms with Crippen LogP contribution in [0.3, 0.4) is 0 Å². The normalized spacial score (nSPS) is 15.4. The summed E-state index contributed by atoms with van der Waals surface area (Å²) in [5, 5.41) is 3.53. The zero-order chi connectivity index (χ0) is 18.5. The van der Waals surface area contributed by atoms with Gasteiger partial charge in [0.1, 0.15) is 5.75 Å². The standard InChI is InChI=1S/C20H23ClN2O3/c1-14-4-3-5-17(12-14)26-15(2)20(24)22-18-13-16(21)6-7-19(18)23-8-10-25-11-9-23/h3-7,12-13,15H,8-11H2,1-2H3,(H,22,24). The molecule has 0 spiro atoms. The van der Waals surface area contributed by atoms with Crippen LogP contribution in [0.5, 0.6) is 5.75 Å². The van der Waals surface area contributed by atoms with Crippen LogP contribution in [0, 0.1) is 6.92 Å². The number of morpholine rings is 1. The lowest BCUT2D eigenvalue weighted by Crippen LogP contribution is -2.37. The maximum absolute atomic E-state index is 12.6. The Balaban J connectivity index is 1.72. The van der Waals surface area contributed by atoms with Crippen molar-refractivity contribution < 1.29 is 14.3 Å². The first-order valence-corrected chi connectivity index (χ1v) is 9.07. The minimum atomic E-state index is -0.631. The zero-order valence-electron chi connectivity index (χ0n) is 15.0. The maximum atomic E-state index is 12.6. The van der Waals surface area contributed by atoms with Crippen molar-refractivity contribution in [2.24, 2.45) is 0 Å². The molecule has 5 nitrogen and oxygen atoms in total. The van der Waals surface area contributed by atoms with E-state index in [4.69, 9.17) is 21.1 Å². The Morgan fingerprint density at radius 1 is 1.23 bits per heavy atom. The fourth-order valence-corrected chi connectivity index (χ4v) is 3.04. The lowest BCUT2D eigenvalue weighted by Gasteiger charge is -2.30. The van der Waals surface area contributed by atoms with Gasteiger partial charge in [0.15, 0.2) is 6.10 Å². The van der Waals surface area contributed by atoms with E-state index in [2.05, 4.69) is 10.2 Å². The molecule has 0 bridgehead atoms. The number of aryl methyl sites for hydroxylation is 1. The number of nitrogens with zero attached hydrogens (tertiary/aromatic N) is 1. The van der Waals surface area contributed by atoms with E-state index in [-0.39, 0.29) is 5.91 Å². The van der Waals surface area contributed by atoms with E-state index >= 15 is 0 Å². The van der Waals surface area contributed by atoms with E-state index in [1.165, 1.54) is 0 Å². The van der Waals surface area contributed by atoms with Crippen molar-refractivity contribution in [3.63, 3.8) is 0 Å². The summed E-state index contributed by atoms with van der Waals surface area (Å²) in [6.07, 6.45) is -0.631. The smallest absolute Gasteiger partial charge is 0.265 e. The SMILES string of the molecule is Cc1cccc(OC(C)C(=O)Nc2cc(Cl)ccc2N2CCOCC2)c1. The molecule has 1 fully saturated rings. The molecule has 6 heteroatoms. The molecule has 26 heavy (non-hydrogen) atoms. The molecule has 2 aromatic rings. The molecule has 3 rings (SSSR count). The van der Waals surface area contributed by atoms with Gasteiger partial charge in [-0.05, 0) is 49.7 Å². The summed E-state index contributed by atoms with van der Waals surface area (Å²) in [7, 11) is 0. The van der Waals surface area contributed by atoms with Crippen LogP contribution in [0.4, 0.5) is 11.4 Å². The van der Waals surface area contributed by atoms with Crippen LogP contribution in [0.1, 0.15) is 12.5 Å². The molecule has 138 valence electrons. The number of halogens is 1. The van der Waals surface area contributed by atoms with Crippen LogP contribution in [0.15, 0.2) is 42.5 Å². The lowest BCUT2D eigenvalue weighted by molar-refractivity contribution is -0.122. The minimum absolute atomic E-state index is 0.219. The molecule has 0 radical (unpaired) electrons. The third-order valence-corrected chi connectivity index (χ3v) is 4.47. The second-order valence-electron chi connectivity index (χ2n) is 6.33. The quantitative estimate of drug-likeness (QED) is 0.862. The highest BCUT2D eigenvalue weighted by Gasteiger charge is 2.20. The van der Waals surface area contributed by atoms with Crippen molar-refractivity contribution in [1.29, 1.82) is 0 Å². The number of rotatable bonds is 5. The van der Waals surface area contributed by atoms with Crippen molar-refractivity contribution in [3.8, 4) is 5.75 Å². The van der Waals surface area contributed by atoms with Gasteiger partial charge < -0.3 is 19.7 Å². The minimum Gasteiger partial charge on any atom is -0.481 e. The van der Waals surface area contributed by atoms with E-state index in [1.807, 2.05) is 43.3 Å². The second-order valence-corrected chi connectivity index (χ2v) is 6.76. The molecule has 1 N–H and O–H groups in total. The maximum Gasteiger partial charge on any atom is 0.265 e. The first-order valence-electron chi connectivity index (χ1n) is 8.69. The number of carbonyl (C=O) groups is 1. The van der Waals surface area contributed by atoms with Crippen molar-refractivity contribution in [3.05, 3.63) is 53.1 Å². The molecule has 1 atom stereocenters. The van der Waals surface area contributed by atoms with Gasteiger partial charge in [-0.2, -0.15) is 0 Å². The highest BCUT2D eigenvalue weighted by Crippen LogP contribution is 2.30. The topological polar surface area (TPSA) is 50.8 Å². The van der Waals surface area contributed by atoms with E-state index < -0.39 is 6.10 Å². The van der Waals surface area contributed by atoms with Gasteiger partial charge in [-0.1, -0.05) is 23.7 Å². The monoisotopic (exact) mass is 374 g/mol. The molecule has 1 aliphatic rings. The van der Waals surface area contributed by atoms with Crippen LogP contribution in [0.25, 0.3) is 0 Å². The Kier molecular flexibility index (Phi) is 6.01. The van der Waals surface area contributed by atoms with Gasteiger partial charge in [0, 0.05) is 18.1 Å². The Bertz CT molecular complexity index is 775. The van der Waals surface area contributed by atoms with E-state index in [9.17, 15) is 4.79 Å². The summed E-state index contributed by atoms with van der Waals surface area (Å²) in [6, 6.07) is 13.2. The molecule has 1 unspecified atom stereocenters. The number of benzene rings is 2. The largest absolute Gasteiger partial charge is 0.481 e. The summed E-state index contributed by atoms with van der Waals surface area (Å²) in [4.78, 5) is 14.8. The third kappa shape index (κ3) is 4.68. The molecule has 1 saturated heterocycles. The fourth-order valence-electron chi connectivity index (χ4n) is 2.87. The predicted octanol–water partition coefficient (Wildman–Crippen LogP) is 3.89. The van der Waals surface area contributed by atoms with Crippen molar-refractivity contribution in [2.75, 3.05) is 36.5 Å². The Labute approximate surface area is 158 Å². The number of anilines is 2. The van der Waals surface area contributed by atoms with Gasteiger partial charge >= 0.3 is 0 Å². The van der Waals surface area contributed by atoms with Crippen LogP contribution in [0.2, 0.25) is 5.02 Å². The summed E-state index contributed by atoms with van der Waals surface area (Å²) < 4.78 is 11.2. The Hall–Kier alpha value is -2.24. The third-order valence-electron chi connectivity index (χ3n) is 4.24. The van der Waals surface area contributed by atoms with E-state index in [0.29, 0.717) is 29.7 Å². The molecular weight excluding hydrogens is 352 g/mol. The predicted molar refractivity (Wildman–Crippen MR) is 104 cm³/mol. The van der Waals surface area contributed by atoms with Crippen molar-refractivity contribution in [1.82, 2.24) is 0 Å². The van der Waals surface area contributed by atoms with Gasteiger partial charge in [-0.25, -0.2) is 0 Å². The second kappa shape index (κ2) is 8.43. The van der Waals surface area contributed by atoms with Gasteiger partial charge in [-0.15, -0.1) is 0 Å². The average Bonchev–Trinajstić information content (AvgIpc) is 2.62. The first kappa shape index (κ1) is 18.5. The molecule has 2 aromatic carbocycles. The summed E-state index contributed by atoms with van der Waals surface area (Å²) in [6.45, 7) is 6.61. The Morgan fingerprint density at radius 3 is 2.73 bits per heavy atom. The number of carbonyl (C=O) groups excluding carboxylic acids is 1. The summed E-state index contributed by atoms with van der Waals surface area (Å²) in [5.41, 5.74) is 2.71. The number of hydrogen-bond acceptors (Lipinski definition) is 4. The Morgan fingerprint density at radius 2 is 2.00 bits per heavy atom. The molecule has 1 aliphatic heterocycles. The zero-order valence-corrected chi connectivity index (χ0v) is 15.8.